The SMILES string of the molecule is NC(Cc1ccccc1F)c1cccc2cnccc12. The highest BCUT2D eigenvalue weighted by molar-refractivity contribution is 5.85. The number of nitrogens with two attached hydrogens (primary N) is 1. The van der Waals surface area contributed by atoms with Crippen LogP contribution in [-0.2, 0) is 6.42 Å². The highest BCUT2D eigenvalue weighted by Gasteiger charge is 2.12. The third kappa shape index (κ3) is 2.40. The Morgan fingerprint density at radius 1 is 1.05 bits per heavy atom. The molecule has 100 valence electrons. The molecule has 0 aliphatic heterocycles. The van der Waals surface area contributed by atoms with Gasteiger partial charge in [0.2, 0.25) is 0 Å². The molecule has 0 spiro atoms. The van der Waals surface area contributed by atoms with Crippen LogP contribution in [-0.4, -0.2) is 4.98 Å². The van der Waals surface area contributed by atoms with Crippen LogP contribution in [0.4, 0.5) is 4.39 Å². The van der Waals surface area contributed by atoms with Gasteiger partial charge in [-0.2, -0.15) is 0 Å². The van der Waals surface area contributed by atoms with E-state index in [-0.39, 0.29) is 11.9 Å². The molecule has 0 bridgehead atoms. The van der Waals surface area contributed by atoms with E-state index in [1.54, 1.807) is 18.3 Å². The third-order valence-corrected chi connectivity index (χ3v) is 3.51. The van der Waals surface area contributed by atoms with Gasteiger partial charge in [-0.15, -0.1) is 0 Å². The Kier molecular flexibility index (Phi) is 3.44. The first-order valence-corrected chi connectivity index (χ1v) is 6.57. The number of hydrogen-bond donors (Lipinski definition) is 1. The summed E-state index contributed by atoms with van der Waals surface area (Å²) in [4.78, 5) is 4.11. The molecule has 0 aliphatic carbocycles. The van der Waals surface area contributed by atoms with E-state index in [2.05, 4.69) is 4.98 Å². The largest absolute Gasteiger partial charge is 0.324 e. The van der Waals surface area contributed by atoms with Gasteiger partial charge in [-0.05, 0) is 35.1 Å². The molecule has 0 saturated carbocycles. The zero-order valence-electron chi connectivity index (χ0n) is 11.0. The molecule has 3 rings (SSSR count). The monoisotopic (exact) mass is 266 g/mol. The van der Waals surface area contributed by atoms with Gasteiger partial charge < -0.3 is 5.73 Å². The molecule has 2 N–H and O–H groups in total. The van der Waals surface area contributed by atoms with Crippen LogP contribution in [0.5, 0.6) is 0 Å². The van der Waals surface area contributed by atoms with Crippen molar-refractivity contribution in [1.29, 1.82) is 0 Å². The van der Waals surface area contributed by atoms with E-state index in [0.717, 1.165) is 16.3 Å². The zero-order valence-corrected chi connectivity index (χ0v) is 11.0. The van der Waals surface area contributed by atoms with E-state index in [4.69, 9.17) is 5.73 Å². The highest BCUT2D eigenvalue weighted by atomic mass is 19.1. The van der Waals surface area contributed by atoms with Crippen molar-refractivity contribution >= 4 is 10.8 Å². The minimum atomic E-state index is -0.238. The predicted octanol–water partition coefficient (Wildman–Crippen LogP) is 3.62. The summed E-state index contributed by atoms with van der Waals surface area (Å²) in [5.74, 6) is -0.204. The van der Waals surface area contributed by atoms with Gasteiger partial charge in [-0.25, -0.2) is 4.39 Å². The van der Waals surface area contributed by atoms with Crippen molar-refractivity contribution in [2.45, 2.75) is 12.5 Å². The van der Waals surface area contributed by atoms with Crippen LogP contribution in [0.15, 0.2) is 60.9 Å². The lowest BCUT2D eigenvalue weighted by Crippen LogP contribution is -2.14. The minimum Gasteiger partial charge on any atom is -0.324 e. The summed E-state index contributed by atoms with van der Waals surface area (Å²) in [6.45, 7) is 0. The first-order valence-electron chi connectivity index (χ1n) is 6.57. The molecule has 0 aliphatic rings. The summed E-state index contributed by atoms with van der Waals surface area (Å²) >= 11 is 0. The number of halogens is 1. The van der Waals surface area contributed by atoms with Crippen molar-refractivity contribution in [3.63, 3.8) is 0 Å². The summed E-state index contributed by atoms with van der Waals surface area (Å²) in [7, 11) is 0. The highest BCUT2D eigenvalue weighted by Crippen LogP contribution is 2.25. The van der Waals surface area contributed by atoms with Crippen molar-refractivity contribution < 1.29 is 4.39 Å². The Bertz CT molecular complexity index is 734. The predicted molar refractivity (Wildman–Crippen MR) is 78.8 cm³/mol. The van der Waals surface area contributed by atoms with Crippen LogP contribution in [0, 0.1) is 5.82 Å². The molecule has 20 heavy (non-hydrogen) atoms. The summed E-state index contributed by atoms with van der Waals surface area (Å²) in [5.41, 5.74) is 7.94. The molecule has 3 heteroatoms. The van der Waals surface area contributed by atoms with Crippen molar-refractivity contribution in [1.82, 2.24) is 4.98 Å². The normalized spacial score (nSPS) is 12.5. The van der Waals surface area contributed by atoms with Crippen LogP contribution in [0.2, 0.25) is 0 Å². The number of pyridine rings is 1. The molecule has 2 aromatic carbocycles. The lowest BCUT2D eigenvalue weighted by Gasteiger charge is -2.15. The first-order chi connectivity index (χ1) is 9.75. The van der Waals surface area contributed by atoms with Gasteiger partial charge in [-0.3, -0.25) is 4.98 Å². The van der Waals surface area contributed by atoms with Crippen molar-refractivity contribution in [3.8, 4) is 0 Å². The smallest absolute Gasteiger partial charge is 0.126 e. The molecule has 1 unspecified atom stereocenters. The second-order valence-corrected chi connectivity index (χ2v) is 4.85. The third-order valence-electron chi connectivity index (χ3n) is 3.51. The van der Waals surface area contributed by atoms with E-state index in [0.29, 0.717) is 12.0 Å². The first kappa shape index (κ1) is 12.8. The zero-order chi connectivity index (χ0) is 13.9. The Labute approximate surface area is 117 Å². The van der Waals surface area contributed by atoms with Crippen LogP contribution in [0.1, 0.15) is 17.2 Å². The second kappa shape index (κ2) is 5.39. The maximum absolute atomic E-state index is 13.7. The molecule has 0 radical (unpaired) electrons. The fourth-order valence-corrected chi connectivity index (χ4v) is 2.48. The molecular weight excluding hydrogens is 251 g/mol. The number of hydrogen-bond acceptors (Lipinski definition) is 2. The van der Waals surface area contributed by atoms with Crippen molar-refractivity contribution in [2.75, 3.05) is 0 Å². The molecule has 1 atom stereocenters. The lowest BCUT2D eigenvalue weighted by molar-refractivity contribution is 0.594. The van der Waals surface area contributed by atoms with Gasteiger partial charge in [0.1, 0.15) is 5.82 Å². The van der Waals surface area contributed by atoms with E-state index in [9.17, 15) is 4.39 Å². The van der Waals surface area contributed by atoms with Crippen LogP contribution in [0.25, 0.3) is 10.8 Å². The van der Waals surface area contributed by atoms with Crippen LogP contribution < -0.4 is 5.73 Å². The number of benzene rings is 2. The molecular formula is C17H15FN2. The van der Waals surface area contributed by atoms with Crippen LogP contribution in [0.3, 0.4) is 0 Å². The van der Waals surface area contributed by atoms with E-state index < -0.39 is 0 Å². The van der Waals surface area contributed by atoms with Gasteiger partial charge >= 0.3 is 0 Å². The van der Waals surface area contributed by atoms with Gasteiger partial charge in [0.05, 0.1) is 0 Å². The van der Waals surface area contributed by atoms with E-state index in [1.807, 2.05) is 36.5 Å². The number of rotatable bonds is 3. The van der Waals surface area contributed by atoms with Gasteiger partial charge in [0, 0.05) is 23.8 Å². The number of fused-ring (bicyclic) bond motifs is 1. The average molecular weight is 266 g/mol. The van der Waals surface area contributed by atoms with E-state index >= 15 is 0 Å². The van der Waals surface area contributed by atoms with Gasteiger partial charge in [-0.1, -0.05) is 36.4 Å². The second-order valence-electron chi connectivity index (χ2n) is 4.85. The Morgan fingerprint density at radius 3 is 2.75 bits per heavy atom. The van der Waals surface area contributed by atoms with Crippen molar-refractivity contribution in [2.24, 2.45) is 5.73 Å². The quantitative estimate of drug-likeness (QED) is 0.786. The summed E-state index contributed by atoms with van der Waals surface area (Å²) < 4.78 is 13.7. The molecule has 1 aromatic heterocycles. The van der Waals surface area contributed by atoms with Gasteiger partial charge in [0.15, 0.2) is 0 Å². The molecule has 1 heterocycles. The van der Waals surface area contributed by atoms with Crippen molar-refractivity contribution in [3.05, 3.63) is 77.9 Å². The number of aromatic nitrogens is 1. The standard InChI is InChI=1S/C17H15FN2/c18-16-7-2-1-4-12(16)10-17(19)15-6-3-5-13-11-20-9-8-14(13)15/h1-9,11,17H,10,19H2. The molecule has 0 amide bonds. The summed E-state index contributed by atoms with van der Waals surface area (Å²) in [6, 6.07) is 14.4. The maximum atomic E-state index is 13.7. The fourth-order valence-electron chi connectivity index (χ4n) is 2.48. The van der Waals surface area contributed by atoms with E-state index in [1.165, 1.54) is 6.07 Å². The molecule has 0 saturated heterocycles. The summed E-state index contributed by atoms with van der Waals surface area (Å²) in [5, 5.41) is 2.13. The Morgan fingerprint density at radius 2 is 1.90 bits per heavy atom. The Hall–Kier alpha value is -2.26. The minimum absolute atomic E-state index is 0.204. The fraction of sp³-hybridized carbons (Fsp3) is 0.118. The maximum Gasteiger partial charge on any atom is 0.126 e. The average Bonchev–Trinajstić information content (AvgIpc) is 2.49. The van der Waals surface area contributed by atoms with Crippen LogP contribution >= 0.6 is 0 Å². The molecule has 2 nitrogen and oxygen atoms in total. The topological polar surface area (TPSA) is 38.9 Å². The number of nitrogens with zero attached hydrogens (tertiary/aromatic N) is 1. The molecule has 0 fully saturated rings. The lowest BCUT2D eigenvalue weighted by atomic mass is 9.95. The van der Waals surface area contributed by atoms with Gasteiger partial charge in [0.25, 0.3) is 0 Å². The summed E-state index contributed by atoms with van der Waals surface area (Å²) in [6.07, 6.45) is 4.05. The molecule has 3 aromatic rings. The Balaban J connectivity index is 1.97.